The van der Waals surface area contributed by atoms with E-state index in [9.17, 15) is 15.0 Å². The first-order chi connectivity index (χ1) is 18.1. The smallest absolute Gasteiger partial charge is 0.340 e. The fourth-order valence-electron chi connectivity index (χ4n) is 4.21. The quantitative estimate of drug-likeness (QED) is 0.147. The molecule has 0 radical (unpaired) electrons. The molecule has 0 spiro atoms. The number of methoxy groups -OCH3 is 1. The lowest BCUT2D eigenvalue weighted by Crippen LogP contribution is -2.28. The van der Waals surface area contributed by atoms with Gasteiger partial charge in [0.1, 0.15) is 17.1 Å². The number of hydrogen-bond donors (Lipinski definition) is 2. The van der Waals surface area contributed by atoms with Gasteiger partial charge >= 0.3 is 5.97 Å². The summed E-state index contributed by atoms with van der Waals surface area (Å²) in [6, 6.07) is 4.32. The van der Waals surface area contributed by atoms with Crippen LogP contribution in [-0.2, 0) is 14.2 Å². The van der Waals surface area contributed by atoms with E-state index in [0.29, 0.717) is 24.3 Å². The van der Waals surface area contributed by atoms with E-state index >= 15 is 0 Å². The molecule has 0 bridgehead atoms. The molecule has 0 amide bonds. The number of aromatic carboxylic acids is 1. The summed E-state index contributed by atoms with van der Waals surface area (Å²) in [5, 5.41) is 19.8. The van der Waals surface area contributed by atoms with Gasteiger partial charge in [-0.2, -0.15) is 0 Å². The molecular weight excluding hydrogens is 516 g/mol. The number of aliphatic hydroxyl groups excluding tert-OH is 1. The lowest BCUT2D eigenvalue weighted by Gasteiger charge is -2.21. The molecular formula is C30H48O8Si. The maximum atomic E-state index is 12.2. The van der Waals surface area contributed by atoms with Crippen LogP contribution in [0, 0.1) is 11.8 Å². The van der Waals surface area contributed by atoms with E-state index in [4.69, 9.17) is 23.7 Å². The van der Waals surface area contributed by atoms with Crippen LogP contribution >= 0.6 is 0 Å². The van der Waals surface area contributed by atoms with Crippen molar-refractivity contribution in [3.05, 3.63) is 41.5 Å². The van der Waals surface area contributed by atoms with Gasteiger partial charge in [-0.1, -0.05) is 57.8 Å². The third-order valence-electron chi connectivity index (χ3n) is 6.66. The van der Waals surface area contributed by atoms with Gasteiger partial charge in [-0.3, -0.25) is 0 Å². The zero-order valence-electron chi connectivity index (χ0n) is 25.0. The molecule has 1 aliphatic heterocycles. The highest BCUT2D eigenvalue weighted by molar-refractivity contribution is 6.76. The predicted molar refractivity (Wildman–Crippen MR) is 156 cm³/mol. The van der Waals surface area contributed by atoms with Crippen molar-refractivity contribution >= 4 is 20.1 Å². The molecule has 2 rings (SSSR count). The van der Waals surface area contributed by atoms with Crippen molar-refractivity contribution in [2.45, 2.75) is 90.8 Å². The number of carboxylic acids is 1. The lowest BCUT2D eigenvalue weighted by atomic mass is 9.94. The molecule has 220 valence electrons. The van der Waals surface area contributed by atoms with Crippen molar-refractivity contribution in [2.24, 2.45) is 11.8 Å². The maximum Gasteiger partial charge on any atom is 0.340 e. The SMILES string of the molecule is COCOc1cc(OCC[Si](C)(C)C)cc(/C=C/C[C@H]2OC(C)(C)O[C@@H]2C(C)/C=C\[C@@H](C)[C@H](C)O)c1C(=O)O. The van der Waals surface area contributed by atoms with Crippen molar-refractivity contribution < 1.29 is 38.7 Å². The minimum atomic E-state index is -1.30. The average Bonchev–Trinajstić information content (AvgIpc) is 3.13. The van der Waals surface area contributed by atoms with Gasteiger partial charge < -0.3 is 33.9 Å². The van der Waals surface area contributed by atoms with E-state index < -0.39 is 25.9 Å². The molecule has 8 nitrogen and oxygen atoms in total. The summed E-state index contributed by atoms with van der Waals surface area (Å²) in [4.78, 5) is 12.2. The van der Waals surface area contributed by atoms with Gasteiger partial charge in [0.25, 0.3) is 0 Å². The fourth-order valence-corrected chi connectivity index (χ4v) is 4.92. The molecule has 0 aliphatic carbocycles. The van der Waals surface area contributed by atoms with Gasteiger partial charge in [0.05, 0.1) is 24.9 Å². The number of ether oxygens (including phenoxy) is 5. The van der Waals surface area contributed by atoms with E-state index in [1.807, 2.05) is 32.9 Å². The highest BCUT2D eigenvalue weighted by Gasteiger charge is 2.42. The zero-order valence-corrected chi connectivity index (χ0v) is 26.0. The van der Waals surface area contributed by atoms with Crippen molar-refractivity contribution in [2.75, 3.05) is 20.5 Å². The van der Waals surface area contributed by atoms with E-state index in [-0.39, 0.29) is 42.1 Å². The number of hydrogen-bond acceptors (Lipinski definition) is 7. The Hall–Kier alpha value is -2.17. The molecule has 1 aromatic carbocycles. The van der Waals surface area contributed by atoms with Gasteiger partial charge in [-0.15, -0.1) is 0 Å². The second-order valence-electron chi connectivity index (χ2n) is 12.0. The van der Waals surface area contributed by atoms with Crippen molar-refractivity contribution in [3.63, 3.8) is 0 Å². The summed E-state index contributed by atoms with van der Waals surface area (Å²) in [6.07, 6.45) is 7.41. The van der Waals surface area contributed by atoms with Gasteiger partial charge in [-0.05, 0) is 50.8 Å². The van der Waals surface area contributed by atoms with Crippen molar-refractivity contribution in [1.29, 1.82) is 0 Å². The summed E-state index contributed by atoms with van der Waals surface area (Å²) < 4.78 is 29.1. The van der Waals surface area contributed by atoms with Crippen LogP contribution in [-0.4, -0.2) is 68.9 Å². The van der Waals surface area contributed by atoms with Crippen LogP contribution in [0.4, 0.5) is 0 Å². The Balaban J connectivity index is 2.30. The summed E-state index contributed by atoms with van der Waals surface area (Å²) in [5.74, 6) is -1.00. The van der Waals surface area contributed by atoms with E-state index in [1.165, 1.54) is 7.11 Å². The minimum Gasteiger partial charge on any atom is -0.494 e. The van der Waals surface area contributed by atoms with Crippen LogP contribution in [0.3, 0.4) is 0 Å². The Kier molecular flexibility index (Phi) is 12.2. The first-order valence-corrected chi connectivity index (χ1v) is 17.4. The average molecular weight is 565 g/mol. The Morgan fingerprint density at radius 2 is 1.82 bits per heavy atom. The molecule has 0 aromatic heterocycles. The molecule has 39 heavy (non-hydrogen) atoms. The molecule has 0 saturated carbocycles. The van der Waals surface area contributed by atoms with Crippen LogP contribution in [0.15, 0.2) is 30.4 Å². The molecule has 1 aliphatic rings. The van der Waals surface area contributed by atoms with E-state index in [2.05, 4.69) is 32.6 Å². The van der Waals surface area contributed by atoms with Crippen LogP contribution in [0.2, 0.25) is 25.7 Å². The van der Waals surface area contributed by atoms with E-state index in [0.717, 1.165) is 6.04 Å². The second-order valence-corrected chi connectivity index (χ2v) is 17.6. The molecule has 1 fully saturated rings. The van der Waals surface area contributed by atoms with Gasteiger partial charge in [0.15, 0.2) is 12.6 Å². The first kappa shape index (κ1) is 33.0. The van der Waals surface area contributed by atoms with Crippen LogP contribution in [0.5, 0.6) is 11.5 Å². The lowest BCUT2D eigenvalue weighted by molar-refractivity contribution is -0.148. The highest BCUT2D eigenvalue weighted by atomic mass is 28.3. The maximum absolute atomic E-state index is 12.2. The normalized spacial score (nSPS) is 21.8. The number of rotatable bonds is 15. The number of carbonyl (C=O) groups is 1. The number of carboxylic acid groups (broad SMARTS) is 1. The van der Waals surface area contributed by atoms with Gasteiger partial charge in [0, 0.05) is 27.2 Å². The highest BCUT2D eigenvalue weighted by Crippen LogP contribution is 2.36. The summed E-state index contributed by atoms with van der Waals surface area (Å²) in [5.41, 5.74) is 0.525. The zero-order chi connectivity index (χ0) is 29.4. The van der Waals surface area contributed by atoms with Crippen molar-refractivity contribution in [1.82, 2.24) is 0 Å². The van der Waals surface area contributed by atoms with Gasteiger partial charge in [-0.25, -0.2) is 4.79 Å². The monoisotopic (exact) mass is 564 g/mol. The molecule has 5 atom stereocenters. The first-order valence-electron chi connectivity index (χ1n) is 13.7. The topological polar surface area (TPSA) is 104 Å². The molecule has 1 saturated heterocycles. The van der Waals surface area contributed by atoms with Crippen LogP contribution in [0.25, 0.3) is 6.08 Å². The molecule has 1 aromatic rings. The minimum absolute atomic E-state index is 0.0327. The fraction of sp³-hybridized carbons (Fsp3) is 0.633. The Labute approximate surface area is 235 Å². The van der Waals surface area contributed by atoms with Crippen LogP contribution in [0.1, 0.15) is 57.0 Å². The predicted octanol–water partition coefficient (Wildman–Crippen LogP) is 6.22. The molecule has 2 N–H and O–H groups in total. The Morgan fingerprint density at radius 1 is 1.13 bits per heavy atom. The summed E-state index contributed by atoms with van der Waals surface area (Å²) in [6.45, 7) is 16.9. The van der Waals surface area contributed by atoms with Gasteiger partial charge in [0.2, 0.25) is 0 Å². The second kappa shape index (κ2) is 14.5. The third kappa shape index (κ3) is 10.7. The van der Waals surface area contributed by atoms with Crippen molar-refractivity contribution in [3.8, 4) is 11.5 Å². The number of aliphatic hydroxyl groups is 1. The number of benzene rings is 1. The van der Waals surface area contributed by atoms with E-state index in [1.54, 1.807) is 25.1 Å². The third-order valence-corrected chi connectivity index (χ3v) is 8.36. The molecule has 9 heteroatoms. The standard InChI is InChI=1S/C30H48O8Si/c1-20(22(3)31)13-14-21(2)28-25(37-30(4,5)38-28)12-10-11-23-17-24(35-15-16-39(7,8)9)18-26(36-19-34-6)27(23)29(32)33/h10-11,13-14,17-18,20-22,25,28,31H,12,15-16,19H2,1-9H3,(H,32,33)/b11-10+,14-13-/t20-,21?,22+,25-,28-/m1/s1. The largest absolute Gasteiger partial charge is 0.494 e. The summed E-state index contributed by atoms with van der Waals surface area (Å²) >= 11 is 0. The molecule has 1 heterocycles. The Bertz CT molecular complexity index is 995. The Morgan fingerprint density at radius 3 is 2.41 bits per heavy atom. The van der Waals surface area contributed by atoms with Crippen LogP contribution < -0.4 is 9.47 Å². The summed E-state index contributed by atoms with van der Waals surface area (Å²) in [7, 11) is 0.187. The molecule has 1 unspecified atom stereocenters.